The summed E-state index contributed by atoms with van der Waals surface area (Å²) >= 11 is 0. The van der Waals surface area contributed by atoms with Crippen LogP contribution < -0.4 is 0 Å². The Kier molecular flexibility index (Phi) is 6.44. The van der Waals surface area contributed by atoms with Crippen molar-refractivity contribution >= 4 is 5.91 Å². The highest BCUT2D eigenvalue weighted by Crippen LogP contribution is 2.23. The van der Waals surface area contributed by atoms with Gasteiger partial charge in [-0.05, 0) is 64.6 Å². The normalized spacial score (nSPS) is 18.1. The fraction of sp³-hybridized carbons (Fsp3) is 0.632. The van der Waals surface area contributed by atoms with E-state index in [2.05, 4.69) is 56.0 Å². The van der Waals surface area contributed by atoms with E-state index in [1.54, 1.807) is 0 Å². The smallest absolute Gasteiger partial charge is 0.239 e. The van der Waals surface area contributed by atoms with E-state index in [0.29, 0.717) is 0 Å². The minimum atomic E-state index is 0.0255. The zero-order chi connectivity index (χ0) is 15.9. The Morgan fingerprint density at radius 2 is 1.77 bits per heavy atom. The number of benzene rings is 1. The van der Waals surface area contributed by atoms with E-state index in [1.807, 2.05) is 4.90 Å². The topological polar surface area (TPSA) is 23.6 Å². The molecule has 1 heterocycles. The zero-order valence-corrected chi connectivity index (χ0v) is 14.3. The number of carbonyl (C=O) groups excluding carboxylic acids is 1. The summed E-state index contributed by atoms with van der Waals surface area (Å²) < 4.78 is 0. The molecule has 3 nitrogen and oxygen atoms in total. The molecule has 3 heteroatoms. The van der Waals surface area contributed by atoms with Crippen LogP contribution in [0, 0.1) is 5.92 Å². The van der Waals surface area contributed by atoms with Crippen molar-refractivity contribution in [3.8, 4) is 0 Å². The molecule has 1 aromatic rings. The summed E-state index contributed by atoms with van der Waals surface area (Å²) in [6.07, 6.45) is 3.57. The first-order valence-corrected chi connectivity index (χ1v) is 8.72. The number of nitrogens with zero attached hydrogens (tertiary/aromatic N) is 2. The van der Waals surface area contributed by atoms with Gasteiger partial charge < -0.3 is 4.90 Å². The van der Waals surface area contributed by atoms with Crippen LogP contribution in [0.4, 0.5) is 0 Å². The van der Waals surface area contributed by atoms with Gasteiger partial charge in [0.25, 0.3) is 0 Å². The average molecular weight is 302 g/mol. The number of carbonyl (C=O) groups is 1. The highest BCUT2D eigenvalue weighted by atomic mass is 16.2. The lowest BCUT2D eigenvalue weighted by molar-refractivity contribution is -0.136. The maximum absolute atomic E-state index is 12.5. The maximum Gasteiger partial charge on any atom is 0.239 e. The van der Waals surface area contributed by atoms with Gasteiger partial charge in [-0.1, -0.05) is 30.3 Å². The Hall–Kier alpha value is -1.35. The van der Waals surface area contributed by atoms with E-state index in [9.17, 15) is 4.79 Å². The molecule has 0 unspecified atom stereocenters. The maximum atomic E-state index is 12.5. The zero-order valence-electron chi connectivity index (χ0n) is 14.3. The molecule has 0 spiro atoms. The van der Waals surface area contributed by atoms with Crippen LogP contribution in [-0.2, 0) is 11.2 Å². The Labute approximate surface area is 135 Å². The highest BCUT2D eigenvalue weighted by molar-refractivity contribution is 5.81. The van der Waals surface area contributed by atoms with Crippen LogP contribution in [-0.4, -0.2) is 47.9 Å². The van der Waals surface area contributed by atoms with Crippen molar-refractivity contribution in [3.63, 3.8) is 0 Å². The molecule has 1 aliphatic heterocycles. The van der Waals surface area contributed by atoms with E-state index < -0.39 is 0 Å². The lowest BCUT2D eigenvalue weighted by Crippen LogP contribution is -2.49. The first kappa shape index (κ1) is 17.0. The lowest BCUT2D eigenvalue weighted by Gasteiger charge is -2.37. The number of hydrogen-bond donors (Lipinski definition) is 0. The van der Waals surface area contributed by atoms with Crippen LogP contribution in [0.15, 0.2) is 30.3 Å². The molecule has 0 saturated carbocycles. The summed E-state index contributed by atoms with van der Waals surface area (Å²) in [4.78, 5) is 16.8. The molecule has 0 aromatic heterocycles. The molecule has 1 aromatic carbocycles. The first-order chi connectivity index (χ1) is 10.7. The molecule has 0 radical (unpaired) electrons. The Morgan fingerprint density at radius 1 is 1.18 bits per heavy atom. The van der Waals surface area contributed by atoms with Crippen molar-refractivity contribution in [2.24, 2.45) is 5.92 Å². The molecule has 1 fully saturated rings. The minimum absolute atomic E-state index is 0.0255. The highest BCUT2D eigenvalue weighted by Gasteiger charge is 2.28. The van der Waals surface area contributed by atoms with Gasteiger partial charge in [0.05, 0.1) is 6.04 Å². The summed E-state index contributed by atoms with van der Waals surface area (Å²) in [5.74, 6) is 1.04. The van der Waals surface area contributed by atoms with Crippen LogP contribution in [0.3, 0.4) is 0 Å². The third-order valence-corrected chi connectivity index (χ3v) is 5.00. The summed E-state index contributed by atoms with van der Waals surface area (Å²) in [6, 6.07) is 10.8. The number of piperidine rings is 1. The molecule has 1 atom stereocenters. The van der Waals surface area contributed by atoms with E-state index >= 15 is 0 Å². The fourth-order valence-electron chi connectivity index (χ4n) is 3.45. The number of rotatable bonds is 6. The van der Waals surface area contributed by atoms with Crippen molar-refractivity contribution in [1.29, 1.82) is 0 Å². The van der Waals surface area contributed by atoms with Crippen molar-refractivity contribution < 1.29 is 4.79 Å². The lowest BCUT2D eigenvalue weighted by atomic mass is 9.89. The summed E-state index contributed by atoms with van der Waals surface area (Å²) in [7, 11) is 0. The molecular weight excluding hydrogens is 272 g/mol. The third kappa shape index (κ3) is 4.33. The molecule has 1 amide bonds. The Bertz CT molecular complexity index is 448. The monoisotopic (exact) mass is 302 g/mol. The molecule has 0 N–H and O–H groups in total. The van der Waals surface area contributed by atoms with Gasteiger partial charge >= 0.3 is 0 Å². The van der Waals surface area contributed by atoms with E-state index in [4.69, 9.17) is 0 Å². The summed E-state index contributed by atoms with van der Waals surface area (Å²) in [6.45, 7) is 9.89. The van der Waals surface area contributed by atoms with Gasteiger partial charge in [0.1, 0.15) is 0 Å². The summed E-state index contributed by atoms with van der Waals surface area (Å²) in [5.41, 5.74) is 1.44. The Morgan fingerprint density at radius 3 is 2.32 bits per heavy atom. The number of amides is 1. The standard InChI is InChI=1S/C19H30N2O/c1-4-20(5-2)19(22)16(3)21-13-11-18(12-14-21)15-17-9-7-6-8-10-17/h6-10,16,18H,4-5,11-15H2,1-3H3/t16-/m0/s1. The van der Waals surface area contributed by atoms with Crippen LogP contribution in [0.1, 0.15) is 39.2 Å². The summed E-state index contributed by atoms with van der Waals surface area (Å²) in [5, 5.41) is 0. The second-order valence-electron chi connectivity index (χ2n) is 6.36. The average Bonchev–Trinajstić information content (AvgIpc) is 2.57. The second-order valence-corrected chi connectivity index (χ2v) is 6.36. The van der Waals surface area contributed by atoms with Gasteiger partial charge in [-0.3, -0.25) is 9.69 Å². The molecule has 122 valence electrons. The molecule has 2 rings (SSSR count). The van der Waals surface area contributed by atoms with E-state index in [-0.39, 0.29) is 11.9 Å². The third-order valence-electron chi connectivity index (χ3n) is 5.00. The molecule has 1 aliphatic rings. The van der Waals surface area contributed by atoms with Gasteiger partial charge in [0.15, 0.2) is 0 Å². The second kappa shape index (κ2) is 8.33. The fourth-order valence-corrected chi connectivity index (χ4v) is 3.45. The van der Waals surface area contributed by atoms with Crippen LogP contribution in [0.5, 0.6) is 0 Å². The van der Waals surface area contributed by atoms with Crippen LogP contribution >= 0.6 is 0 Å². The van der Waals surface area contributed by atoms with Gasteiger partial charge in [-0.15, -0.1) is 0 Å². The van der Waals surface area contributed by atoms with Crippen LogP contribution in [0.25, 0.3) is 0 Å². The van der Waals surface area contributed by atoms with E-state index in [0.717, 1.165) is 32.1 Å². The first-order valence-electron chi connectivity index (χ1n) is 8.72. The number of hydrogen-bond acceptors (Lipinski definition) is 2. The minimum Gasteiger partial charge on any atom is -0.342 e. The van der Waals surface area contributed by atoms with Gasteiger partial charge in [-0.25, -0.2) is 0 Å². The predicted octanol–water partition coefficient (Wildman–Crippen LogP) is 3.20. The number of likely N-dealkylation sites (N-methyl/N-ethyl adjacent to an activating group) is 1. The van der Waals surface area contributed by atoms with Crippen LogP contribution in [0.2, 0.25) is 0 Å². The molecule has 22 heavy (non-hydrogen) atoms. The largest absolute Gasteiger partial charge is 0.342 e. The molecule has 0 aliphatic carbocycles. The van der Waals surface area contributed by atoms with Crippen molar-refractivity contribution in [2.45, 2.75) is 46.1 Å². The van der Waals surface area contributed by atoms with Crippen molar-refractivity contribution in [3.05, 3.63) is 35.9 Å². The predicted molar refractivity (Wildman–Crippen MR) is 91.8 cm³/mol. The van der Waals surface area contributed by atoms with E-state index in [1.165, 1.54) is 24.8 Å². The molecule has 0 bridgehead atoms. The van der Waals surface area contributed by atoms with Gasteiger partial charge in [0.2, 0.25) is 5.91 Å². The molecular formula is C19H30N2O. The SMILES string of the molecule is CCN(CC)C(=O)[C@H](C)N1CCC(Cc2ccccc2)CC1. The van der Waals surface area contributed by atoms with Crippen molar-refractivity contribution in [1.82, 2.24) is 9.80 Å². The Balaban J connectivity index is 1.82. The number of likely N-dealkylation sites (tertiary alicyclic amines) is 1. The quantitative estimate of drug-likeness (QED) is 0.805. The molecule has 1 saturated heterocycles. The van der Waals surface area contributed by atoms with Gasteiger partial charge in [0, 0.05) is 13.1 Å². The van der Waals surface area contributed by atoms with Crippen molar-refractivity contribution in [2.75, 3.05) is 26.2 Å². The van der Waals surface area contributed by atoms with Gasteiger partial charge in [-0.2, -0.15) is 0 Å².